The van der Waals surface area contributed by atoms with Crippen molar-refractivity contribution in [3.8, 4) is 5.75 Å². The first kappa shape index (κ1) is 12.5. The number of alkyl halides is 3. The third-order valence-electron chi connectivity index (χ3n) is 1.81. The molecule has 16 heavy (non-hydrogen) atoms. The summed E-state index contributed by atoms with van der Waals surface area (Å²) < 4.78 is 38.1. The van der Waals surface area contributed by atoms with E-state index in [1.54, 1.807) is 13.8 Å². The van der Waals surface area contributed by atoms with Crippen LogP contribution in [0.15, 0.2) is 29.3 Å². The molecule has 1 rings (SSSR count). The topological polar surface area (TPSA) is 32.6 Å². The Morgan fingerprint density at radius 1 is 1.25 bits per heavy atom. The average molecular weight is 231 g/mol. The Balaban J connectivity index is 3.29. The molecule has 0 fully saturated rings. The number of hydrogen-bond donors (Lipinski definition) is 1. The van der Waals surface area contributed by atoms with Crippen LogP contribution in [-0.4, -0.2) is 23.0 Å². The Morgan fingerprint density at radius 2 is 1.81 bits per heavy atom. The van der Waals surface area contributed by atoms with Crippen LogP contribution in [0.5, 0.6) is 5.75 Å². The molecular weight excluding hydrogens is 219 g/mol. The summed E-state index contributed by atoms with van der Waals surface area (Å²) in [6, 6.07) is 4.80. The fourth-order valence-electron chi connectivity index (χ4n) is 1.23. The van der Waals surface area contributed by atoms with Gasteiger partial charge in [0.05, 0.1) is 0 Å². The highest BCUT2D eigenvalue weighted by Crippen LogP contribution is 2.28. The minimum Gasteiger partial charge on any atom is -0.507 e. The maximum atomic E-state index is 12.7. The summed E-state index contributed by atoms with van der Waals surface area (Å²) in [5, 5.41) is 9.38. The van der Waals surface area contributed by atoms with Crippen molar-refractivity contribution in [1.29, 1.82) is 0 Å². The van der Waals surface area contributed by atoms with E-state index in [0.29, 0.717) is 0 Å². The first-order chi connectivity index (χ1) is 7.32. The number of hydrogen-bond acceptors (Lipinski definition) is 2. The van der Waals surface area contributed by atoms with Crippen LogP contribution in [0, 0.1) is 0 Å². The van der Waals surface area contributed by atoms with E-state index >= 15 is 0 Å². The van der Waals surface area contributed by atoms with E-state index < -0.39 is 23.7 Å². The van der Waals surface area contributed by atoms with Gasteiger partial charge in [-0.05, 0) is 26.0 Å². The molecule has 0 amide bonds. The summed E-state index contributed by atoms with van der Waals surface area (Å²) in [4.78, 5) is 3.51. The van der Waals surface area contributed by atoms with Crippen molar-refractivity contribution in [3.63, 3.8) is 0 Å². The van der Waals surface area contributed by atoms with Crippen LogP contribution in [0.4, 0.5) is 13.2 Å². The van der Waals surface area contributed by atoms with Crippen LogP contribution < -0.4 is 0 Å². The van der Waals surface area contributed by atoms with E-state index in [9.17, 15) is 18.3 Å². The standard InChI is InChI=1S/C11H12F3NO/c1-7(2)15-10(11(12,13)14)8-5-3-4-6-9(8)16/h3-7,16H,1-2H3. The first-order valence-corrected chi connectivity index (χ1v) is 4.75. The number of nitrogens with zero attached hydrogens (tertiary/aromatic N) is 1. The molecule has 0 aliphatic rings. The number of halogens is 3. The van der Waals surface area contributed by atoms with Crippen molar-refractivity contribution in [3.05, 3.63) is 29.8 Å². The average Bonchev–Trinajstić information content (AvgIpc) is 2.13. The van der Waals surface area contributed by atoms with Crippen molar-refractivity contribution >= 4 is 5.71 Å². The van der Waals surface area contributed by atoms with Crippen LogP contribution in [0.25, 0.3) is 0 Å². The van der Waals surface area contributed by atoms with Gasteiger partial charge >= 0.3 is 6.18 Å². The lowest BCUT2D eigenvalue weighted by Gasteiger charge is -2.13. The molecule has 0 aliphatic carbocycles. The maximum absolute atomic E-state index is 12.7. The fraction of sp³-hybridized carbons (Fsp3) is 0.364. The third-order valence-corrected chi connectivity index (χ3v) is 1.81. The number of phenolic OH excluding ortho intramolecular Hbond substituents is 1. The SMILES string of the molecule is CC(C)N=C(c1ccccc1O)C(F)(F)F. The largest absolute Gasteiger partial charge is 0.507 e. The first-order valence-electron chi connectivity index (χ1n) is 4.75. The zero-order chi connectivity index (χ0) is 12.3. The predicted molar refractivity (Wildman–Crippen MR) is 55.8 cm³/mol. The van der Waals surface area contributed by atoms with Gasteiger partial charge in [-0.1, -0.05) is 12.1 Å². The third kappa shape index (κ3) is 2.98. The number of benzene rings is 1. The van der Waals surface area contributed by atoms with Gasteiger partial charge in [-0.3, -0.25) is 4.99 Å². The summed E-state index contributed by atoms with van der Waals surface area (Å²) in [5.74, 6) is -0.417. The Morgan fingerprint density at radius 3 is 2.25 bits per heavy atom. The van der Waals surface area contributed by atoms with E-state index in [1.807, 2.05) is 0 Å². The Labute approximate surface area is 91.4 Å². The zero-order valence-electron chi connectivity index (χ0n) is 8.92. The van der Waals surface area contributed by atoms with Gasteiger partial charge in [0, 0.05) is 11.6 Å². The quantitative estimate of drug-likeness (QED) is 0.779. The van der Waals surface area contributed by atoms with Gasteiger partial charge in [0.25, 0.3) is 0 Å². The number of phenols is 1. The number of rotatable bonds is 2. The van der Waals surface area contributed by atoms with Gasteiger partial charge in [0.1, 0.15) is 11.5 Å². The zero-order valence-corrected chi connectivity index (χ0v) is 8.92. The van der Waals surface area contributed by atoms with E-state index in [4.69, 9.17) is 0 Å². The second-order valence-corrected chi connectivity index (χ2v) is 3.59. The van der Waals surface area contributed by atoms with Crippen molar-refractivity contribution in [1.82, 2.24) is 0 Å². The molecule has 1 N–H and O–H groups in total. The molecular formula is C11H12F3NO. The molecule has 0 unspecified atom stereocenters. The van der Waals surface area contributed by atoms with Gasteiger partial charge in [-0.15, -0.1) is 0 Å². The molecule has 0 aromatic heterocycles. The summed E-state index contributed by atoms with van der Waals surface area (Å²) in [7, 11) is 0. The molecule has 2 nitrogen and oxygen atoms in total. The Kier molecular flexibility index (Phi) is 3.57. The van der Waals surface area contributed by atoms with Gasteiger partial charge in [0.15, 0.2) is 0 Å². The minimum absolute atomic E-state index is 0.288. The molecule has 0 saturated heterocycles. The lowest BCUT2D eigenvalue weighted by atomic mass is 10.1. The molecule has 0 spiro atoms. The second kappa shape index (κ2) is 4.55. The maximum Gasteiger partial charge on any atom is 0.433 e. The highest BCUT2D eigenvalue weighted by Gasteiger charge is 2.38. The van der Waals surface area contributed by atoms with E-state index in [2.05, 4.69) is 4.99 Å². The van der Waals surface area contributed by atoms with Gasteiger partial charge in [0.2, 0.25) is 0 Å². The summed E-state index contributed by atoms with van der Waals surface area (Å²) in [6.45, 7) is 3.09. The number of aromatic hydroxyl groups is 1. The van der Waals surface area contributed by atoms with Crippen molar-refractivity contribution in [2.45, 2.75) is 26.1 Å². The molecule has 0 radical (unpaired) electrons. The van der Waals surface area contributed by atoms with Crippen molar-refractivity contribution < 1.29 is 18.3 Å². The highest BCUT2D eigenvalue weighted by molar-refractivity contribution is 6.06. The summed E-state index contributed by atoms with van der Waals surface area (Å²) in [5.41, 5.74) is -1.33. The van der Waals surface area contributed by atoms with E-state index in [1.165, 1.54) is 24.3 Å². The molecule has 88 valence electrons. The van der Waals surface area contributed by atoms with Gasteiger partial charge in [-0.25, -0.2) is 0 Å². The number of aliphatic imine (C=N–C) groups is 1. The monoisotopic (exact) mass is 231 g/mol. The minimum atomic E-state index is -4.57. The highest BCUT2D eigenvalue weighted by atomic mass is 19.4. The van der Waals surface area contributed by atoms with Crippen molar-refractivity contribution in [2.75, 3.05) is 0 Å². The van der Waals surface area contributed by atoms with Crippen LogP contribution in [0.2, 0.25) is 0 Å². The smallest absolute Gasteiger partial charge is 0.433 e. The molecule has 0 saturated carbocycles. The normalized spacial score (nSPS) is 13.2. The molecule has 5 heteroatoms. The Bertz CT molecular complexity index is 396. The van der Waals surface area contributed by atoms with Crippen LogP contribution in [-0.2, 0) is 0 Å². The molecule has 0 heterocycles. The number of para-hydroxylation sites is 1. The Hall–Kier alpha value is -1.52. The molecule has 0 atom stereocenters. The van der Waals surface area contributed by atoms with Gasteiger partial charge < -0.3 is 5.11 Å². The second-order valence-electron chi connectivity index (χ2n) is 3.59. The molecule has 1 aromatic carbocycles. The van der Waals surface area contributed by atoms with E-state index in [-0.39, 0.29) is 5.56 Å². The van der Waals surface area contributed by atoms with E-state index in [0.717, 1.165) is 0 Å². The van der Waals surface area contributed by atoms with Crippen LogP contribution in [0.1, 0.15) is 19.4 Å². The lowest BCUT2D eigenvalue weighted by molar-refractivity contribution is -0.0584. The predicted octanol–water partition coefficient (Wildman–Crippen LogP) is 3.15. The van der Waals surface area contributed by atoms with Crippen LogP contribution in [0.3, 0.4) is 0 Å². The lowest BCUT2D eigenvalue weighted by Crippen LogP contribution is -2.25. The fourth-order valence-corrected chi connectivity index (χ4v) is 1.23. The summed E-state index contributed by atoms with van der Waals surface area (Å²) >= 11 is 0. The van der Waals surface area contributed by atoms with Crippen LogP contribution >= 0.6 is 0 Å². The van der Waals surface area contributed by atoms with Gasteiger partial charge in [-0.2, -0.15) is 13.2 Å². The summed E-state index contributed by atoms with van der Waals surface area (Å²) in [6.07, 6.45) is -4.57. The van der Waals surface area contributed by atoms with Crippen molar-refractivity contribution in [2.24, 2.45) is 4.99 Å². The molecule has 0 bridgehead atoms. The molecule has 1 aromatic rings. The molecule has 0 aliphatic heterocycles.